The second kappa shape index (κ2) is 9.90. The number of aromatic nitrogens is 3. The SMILES string of the molecule is COc1cc(-c2csc(NC(=O)c3cc(-n4cnc(C)c4)cc(C(F)(F)F)c3)n2)cc(OC)c1OC. The Balaban J connectivity index is 1.64. The molecule has 1 N–H and O–H groups in total. The first kappa shape index (κ1) is 25.0. The minimum atomic E-state index is -4.64. The maximum Gasteiger partial charge on any atom is 0.416 e. The van der Waals surface area contributed by atoms with Crippen molar-refractivity contribution >= 4 is 22.4 Å². The standard InChI is InChI=1S/C24H21F3N4O4S/c1-13-10-31(12-28-13)17-6-15(5-16(9-17)24(25,26)27)22(32)30-23-29-18(11-36-23)14-7-19(33-2)21(35-4)20(8-14)34-3/h5-12H,1-4H3,(H,29,30,32). The summed E-state index contributed by atoms with van der Waals surface area (Å²) in [5, 5.41) is 4.49. The number of nitrogens with one attached hydrogen (secondary N) is 1. The third kappa shape index (κ3) is 5.13. The van der Waals surface area contributed by atoms with Gasteiger partial charge in [0.15, 0.2) is 16.6 Å². The minimum absolute atomic E-state index is 0.160. The monoisotopic (exact) mass is 518 g/mol. The molecule has 0 aliphatic heterocycles. The number of nitrogens with zero attached hydrogens (tertiary/aromatic N) is 3. The Hall–Kier alpha value is -4.06. The number of methoxy groups -OCH3 is 3. The lowest BCUT2D eigenvalue weighted by molar-refractivity contribution is -0.137. The number of halogens is 3. The first-order valence-electron chi connectivity index (χ1n) is 10.4. The molecule has 0 aliphatic rings. The molecular formula is C24H21F3N4O4S. The molecule has 0 fully saturated rings. The summed E-state index contributed by atoms with van der Waals surface area (Å²) in [5.74, 6) is 0.541. The summed E-state index contributed by atoms with van der Waals surface area (Å²) in [5.41, 5.74) is 0.809. The number of hydrogen-bond acceptors (Lipinski definition) is 7. The predicted molar refractivity (Wildman–Crippen MR) is 128 cm³/mol. The maximum absolute atomic E-state index is 13.5. The normalized spacial score (nSPS) is 11.3. The molecule has 0 bridgehead atoms. The van der Waals surface area contributed by atoms with Gasteiger partial charge in [0.05, 0.1) is 44.6 Å². The van der Waals surface area contributed by atoms with Gasteiger partial charge in [-0.2, -0.15) is 13.2 Å². The number of hydrogen-bond donors (Lipinski definition) is 1. The summed E-state index contributed by atoms with van der Waals surface area (Å²) in [4.78, 5) is 21.4. The molecule has 1 amide bonds. The van der Waals surface area contributed by atoms with E-state index in [0.717, 1.165) is 23.5 Å². The number of amides is 1. The van der Waals surface area contributed by atoms with Crippen LogP contribution in [-0.4, -0.2) is 41.8 Å². The number of thiazole rings is 1. The number of carbonyl (C=O) groups is 1. The van der Waals surface area contributed by atoms with E-state index in [1.165, 1.54) is 38.3 Å². The Labute approximate surface area is 208 Å². The van der Waals surface area contributed by atoms with Crippen LogP contribution in [0.3, 0.4) is 0 Å². The van der Waals surface area contributed by atoms with E-state index >= 15 is 0 Å². The zero-order valence-electron chi connectivity index (χ0n) is 19.6. The lowest BCUT2D eigenvalue weighted by Gasteiger charge is -2.13. The maximum atomic E-state index is 13.5. The fourth-order valence-electron chi connectivity index (χ4n) is 3.48. The molecule has 0 unspecified atom stereocenters. The van der Waals surface area contributed by atoms with Gasteiger partial charge in [-0.15, -0.1) is 11.3 Å². The van der Waals surface area contributed by atoms with Gasteiger partial charge in [-0.25, -0.2) is 9.97 Å². The summed E-state index contributed by atoms with van der Waals surface area (Å²) >= 11 is 1.12. The van der Waals surface area contributed by atoms with E-state index in [4.69, 9.17) is 14.2 Å². The van der Waals surface area contributed by atoms with Crippen molar-refractivity contribution in [2.75, 3.05) is 26.6 Å². The minimum Gasteiger partial charge on any atom is -0.493 e. The highest BCUT2D eigenvalue weighted by Crippen LogP contribution is 2.41. The van der Waals surface area contributed by atoms with Crippen molar-refractivity contribution < 1.29 is 32.2 Å². The zero-order chi connectivity index (χ0) is 26.0. The summed E-state index contributed by atoms with van der Waals surface area (Å²) in [6.45, 7) is 1.71. The van der Waals surface area contributed by atoms with Crippen molar-refractivity contribution in [2.45, 2.75) is 13.1 Å². The molecule has 2 aromatic heterocycles. The van der Waals surface area contributed by atoms with Gasteiger partial charge in [-0.1, -0.05) is 0 Å². The second-order valence-corrected chi connectivity index (χ2v) is 8.45. The second-order valence-electron chi connectivity index (χ2n) is 7.59. The molecule has 8 nitrogen and oxygen atoms in total. The summed E-state index contributed by atoms with van der Waals surface area (Å²) in [7, 11) is 4.47. The van der Waals surface area contributed by atoms with Crippen molar-refractivity contribution in [1.82, 2.24) is 14.5 Å². The zero-order valence-corrected chi connectivity index (χ0v) is 20.5. The molecule has 0 spiro atoms. The molecule has 4 aromatic rings. The van der Waals surface area contributed by atoms with E-state index in [0.29, 0.717) is 34.2 Å². The van der Waals surface area contributed by atoms with Crippen LogP contribution >= 0.6 is 11.3 Å². The fraction of sp³-hybridized carbons (Fsp3) is 0.208. The molecule has 36 heavy (non-hydrogen) atoms. The highest BCUT2D eigenvalue weighted by atomic mass is 32.1. The highest BCUT2D eigenvalue weighted by Gasteiger charge is 2.32. The van der Waals surface area contributed by atoms with Gasteiger partial charge in [0.1, 0.15) is 0 Å². The van der Waals surface area contributed by atoms with E-state index in [1.54, 1.807) is 30.6 Å². The number of rotatable bonds is 7. The summed E-state index contributed by atoms with van der Waals surface area (Å²) < 4.78 is 58.1. The third-order valence-electron chi connectivity index (χ3n) is 5.20. The molecule has 0 saturated heterocycles. The molecular weight excluding hydrogens is 497 g/mol. The van der Waals surface area contributed by atoms with Crippen molar-refractivity contribution in [2.24, 2.45) is 0 Å². The summed E-state index contributed by atoms with van der Waals surface area (Å²) in [6.07, 6.45) is -1.68. The van der Waals surface area contributed by atoms with Crippen LogP contribution in [0.25, 0.3) is 16.9 Å². The largest absolute Gasteiger partial charge is 0.493 e. The van der Waals surface area contributed by atoms with Crippen LogP contribution < -0.4 is 19.5 Å². The van der Waals surface area contributed by atoms with Gasteiger partial charge in [-0.05, 0) is 37.3 Å². The van der Waals surface area contributed by atoms with Gasteiger partial charge in [0.2, 0.25) is 5.75 Å². The Kier molecular flexibility index (Phi) is 6.88. The fourth-order valence-corrected chi connectivity index (χ4v) is 4.19. The topological polar surface area (TPSA) is 87.5 Å². The number of ether oxygens (including phenoxy) is 3. The van der Waals surface area contributed by atoms with Gasteiger partial charge in [0.25, 0.3) is 5.91 Å². The van der Waals surface area contributed by atoms with E-state index in [-0.39, 0.29) is 16.4 Å². The molecule has 188 valence electrons. The van der Waals surface area contributed by atoms with Gasteiger partial charge in [0, 0.05) is 28.4 Å². The highest BCUT2D eigenvalue weighted by molar-refractivity contribution is 7.14. The van der Waals surface area contributed by atoms with E-state index in [2.05, 4.69) is 15.3 Å². The third-order valence-corrected chi connectivity index (χ3v) is 5.96. The molecule has 4 rings (SSSR count). The number of aryl methyl sites for hydroxylation is 1. The van der Waals surface area contributed by atoms with Gasteiger partial charge >= 0.3 is 6.18 Å². The number of benzene rings is 2. The van der Waals surface area contributed by atoms with Crippen LogP contribution in [-0.2, 0) is 6.18 Å². The Morgan fingerprint density at radius 1 is 1.03 bits per heavy atom. The Bertz CT molecular complexity index is 1390. The molecule has 0 radical (unpaired) electrons. The molecule has 0 saturated carbocycles. The number of anilines is 1. The quantitative estimate of drug-likeness (QED) is 0.343. The van der Waals surface area contributed by atoms with Gasteiger partial charge in [-0.3, -0.25) is 10.1 Å². The van der Waals surface area contributed by atoms with E-state index < -0.39 is 17.6 Å². The molecule has 0 atom stereocenters. The first-order valence-corrected chi connectivity index (χ1v) is 11.3. The number of imidazole rings is 1. The number of alkyl halides is 3. The predicted octanol–water partition coefficient (Wildman–Crippen LogP) is 5.60. The first-order chi connectivity index (χ1) is 17.1. The number of carbonyl (C=O) groups excluding carboxylic acids is 1. The van der Waals surface area contributed by atoms with Gasteiger partial charge < -0.3 is 18.8 Å². The van der Waals surface area contributed by atoms with Crippen LogP contribution in [0.5, 0.6) is 17.2 Å². The van der Waals surface area contributed by atoms with E-state index in [1.807, 2.05) is 0 Å². The Morgan fingerprint density at radius 3 is 2.28 bits per heavy atom. The van der Waals surface area contributed by atoms with E-state index in [9.17, 15) is 18.0 Å². The lowest BCUT2D eigenvalue weighted by atomic mass is 10.1. The van der Waals surface area contributed by atoms with Crippen LogP contribution in [0.15, 0.2) is 48.2 Å². The Morgan fingerprint density at radius 2 is 1.72 bits per heavy atom. The lowest BCUT2D eigenvalue weighted by Crippen LogP contribution is -2.15. The van der Waals surface area contributed by atoms with Crippen molar-refractivity contribution in [3.8, 4) is 34.2 Å². The van der Waals surface area contributed by atoms with Crippen LogP contribution in [0.4, 0.5) is 18.3 Å². The average Bonchev–Trinajstić information content (AvgIpc) is 3.51. The van der Waals surface area contributed by atoms with Crippen molar-refractivity contribution in [3.05, 3.63) is 65.1 Å². The molecule has 2 heterocycles. The van der Waals surface area contributed by atoms with Crippen LogP contribution in [0, 0.1) is 6.92 Å². The van der Waals surface area contributed by atoms with Crippen LogP contribution in [0.2, 0.25) is 0 Å². The molecule has 12 heteroatoms. The summed E-state index contributed by atoms with van der Waals surface area (Å²) in [6, 6.07) is 6.53. The van der Waals surface area contributed by atoms with Crippen molar-refractivity contribution in [1.29, 1.82) is 0 Å². The molecule has 0 aliphatic carbocycles. The smallest absolute Gasteiger partial charge is 0.416 e. The van der Waals surface area contributed by atoms with Crippen LogP contribution in [0.1, 0.15) is 21.6 Å². The van der Waals surface area contributed by atoms with Crippen molar-refractivity contribution in [3.63, 3.8) is 0 Å². The molecule has 2 aromatic carbocycles. The average molecular weight is 519 g/mol.